The Hall–Kier alpha value is -2.24. The van der Waals surface area contributed by atoms with Crippen LogP contribution in [0.5, 0.6) is 0 Å². The van der Waals surface area contributed by atoms with Gasteiger partial charge in [-0.15, -0.1) is 0 Å². The summed E-state index contributed by atoms with van der Waals surface area (Å²) in [5.74, 6) is -0.397. The van der Waals surface area contributed by atoms with Crippen LogP contribution in [0.2, 0.25) is 0 Å². The Balaban J connectivity index is 2.85. The first-order valence-electron chi connectivity index (χ1n) is 7.25. The molecule has 1 rings (SSSR count). The highest BCUT2D eigenvalue weighted by molar-refractivity contribution is 5.86. The van der Waals surface area contributed by atoms with Gasteiger partial charge in [-0.3, -0.25) is 19.7 Å². The summed E-state index contributed by atoms with van der Waals surface area (Å²) in [5.41, 5.74) is 0.800. The number of benzene rings is 1. The number of nitro benzene ring substituents is 1. The van der Waals surface area contributed by atoms with Gasteiger partial charge < -0.3 is 4.90 Å². The second kappa shape index (κ2) is 7.68. The first-order valence-corrected chi connectivity index (χ1v) is 7.25. The summed E-state index contributed by atoms with van der Waals surface area (Å²) in [5, 5.41) is 10.8. The molecule has 0 aromatic heterocycles. The third-order valence-corrected chi connectivity index (χ3v) is 3.58. The molecule has 0 aliphatic carbocycles. The fourth-order valence-electron chi connectivity index (χ4n) is 2.06. The highest BCUT2D eigenvalue weighted by atomic mass is 16.6. The van der Waals surface area contributed by atoms with E-state index < -0.39 is 4.92 Å². The van der Waals surface area contributed by atoms with Gasteiger partial charge in [0.25, 0.3) is 5.69 Å². The number of hydrogen-bond donors (Lipinski definition) is 0. The summed E-state index contributed by atoms with van der Waals surface area (Å²) >= 11 is 0. The zero-order valence-electron chi connectivity index (χ0n) is 13.4. The molecule has 1 aromatic carbocycles. The molecule has 0 saturated heterocycles. The van der Waals surface area contributed by atoms with Gasteiger partial charge in [0.1, 0.15) is 0 Å². The standard InChI is InChI=1S/C16H22N2O4/c1-11(2)16(20)10-17(13(4)19)9-12(3)14-6-5-7-15(8-14)18(21)22/h5-8,11-12H,9-10H2,1-4H3. The van der Waals surface area contributed by atoms with Gasteiger partial charge in [0.15, 0.2) is 5.78 Å². The van der Waals surface area contributed by atoms with Crippen LogP contribution in [0.1, 0.15) is 39.2 Å². The fraction of sp³-hybridized carbons (Fsp3) is 0.500. The van der Waals surface area contributed by atoms with Crippen LogP contribution < -0.4 is 0 Å². The smallest absolute Gasteiger partial charge is 0.269 e. The first-order chi connectivity index (χ1) is 10.2. The van der Waals surface area contributed by atoms with Gasteiger partial charge >= 0.3 is 0 Å². The summed E-state index contributed by atoms with van der Waals surface area (Å²) in [7, 11) is 0. The maximum Gasteiger partial charge on any atom is 0.269 e. The van der Waals surface area contributed by atoms with Gasteiger partial charge in [-0.05, 0) is 11.5 Å². The molecular weight excluding hydrogens is 284 g/mol. The van der Waals surface area contributed by atoms with Gasteiger partial charge in [0.05, 0.1) is 11.5 Å². The molecule has 1 aromatic rings. The van der Waals surface area contributed by atoms with E-state index in [9.17, 15) is 19.7 Å². The van der Waals surface area contributed by atoms with E-state index in [0.717, 1.165) is 5.56 Å². The van der Waals surface area contributed by atoms with E-state index in [4.69, 9.17) is 0 Å². The number of Topliss-reactive ketones (excluding diaryl/α,β-unsaturated/α-hetero) is 1. The summed E-state index contributed by atoms with van der Waals surface area (Å²) < 4.78 is 0. The predicted octanol–water partition coefficient (Wildman–Crippen LogP) is 2.77. The molecule has 22 heavy (non-hydrogen) atoms. The van der Waals surface area contributed by atoms with Crippen LogP contribution in [0, 0.1) is 16.0 Å². The molecule has 1 atom stereocenters. The van der Waals surface area contributed by atoms with Crippen molar-refractivity contribution >= 4 is 17.4 Å². The number of ketones is 1. The molecule has 0 fully saturated rings. The average molecular weight is 306 g/mol. The molecule has 0 spiro atoms. The number of carbonyl (C=O) groups is 2. The molecule has 0 aliphatic rings. The summed E-state index contributed by atoms with van der Waals surface area (Å²) in [6.07, 6.45) is 0. The van der Waals surface area contributed by atoms with Crippen LogP contribution in [0.4, 0.5) is 5.69 Å². The zero-order valence-corrected chi connectivity index (χ0v) is 13.4. The number of non-ortho nitro benzene ring substituents is 1. The van der Waals surface area contributed by atoms with E-state index in [0.29, 0.717) is 6.54 Å². The lowest BCUT2D eigenvalue weighted by Gasteiger charge is -2.25. The second-order valence-electron chi connectivity index (χ2n) is 5.77. The molecule has 0 N–H and O–H groups in total. The van der Waals surface area contributed by atoms with Crippen LogP contribution >= 0.6 is 0 Å². The van der Waals surface area contributed by atoms with Gasteiger partial charge in [0.2, 0.25) is 5.91 Å². The number of rotatable bonds is 7. The Morgan fingerprint density at radius 1 is 1.27 bits per heavy atom. The molecular formula is C16H22N2O4. The fourth-order valence-corrected chi connectivity index (χ4v) is 2.06. The molecule has 1 amide bonds. The third-order valence-electron chi connectivity index (χ3n) is 3.58. The molecule has 0 saturated carbocycles. The zero-order chi connectivity index (χ0) is 16.9. The number of nitrogens with zero attached hydrogens (tertiary/aromatic N) is 2. The van der Waals surface area contributed by atoms with Crippen molar-refractivity contribution in [3.63, 3.8) is 0 Å². The molecule has 120 valence electrons. The van der Waals surface area contributed by atoms with Crippen LogP contribution in [-0.4, -0.2) is 34.6 Å². The van der Waals surface area contributed by atoms with E-state index >= 15 is 0 Å². The highest BCUT2D eigenvalue weighted by Crippen LogP contribution is 2.21. The number of carbonyl (C=O) groups excluding carboxylic acids is 2. The van der Waals surface area contributed by atoms with Crippen LogP contribution in [-0.2, 0) is 9.59 Å². The highest BCUT2D eigenvalue weighted by Gasteiger charge is 2.20. The van der Waals surface area contributed by atoms with Crippen molar-refractivity contribution in [3.05, 3.63) is 39.9 Å². The van der Waals surface area contributed by atoms with Gasteiger partial charge in [-0.2, -0.15) is 0 Å². The van der Waals surface area contributed by atoms with Crippen molar-refractivity contribution in [2.45, 2.75) is 33.6 Å². The van der Waals surface area contributed by atoms with Crippen molar-refractivity contribution in [1.29, 1.82) is 0 Å². The minimum Gasteiger partial charge on any atom is -0.335 e. The molecule has 0 aliphatic heterocycles. The quantitative estimate of drug-likeness (QED) is 0.573. The van der Waals surface area contributed by atoms with Crippen molar-refractivity contribution in [2.75, 3.05) is 13.1 Å². The van der Waals surface area contributed by atoms with E-state index in [1.165, 1.54) is 24.0 Å². The minimum atomic E-state index is -0.443. The Kier molecular flexibility index (Phi) is 6.22. The number of hydrogen-bond acceptors (Lipinski definition) is 4. The van der Waals surface area contributed by atoms with Gasteiger partial charge in [-0.25, -0.2) is 0 Å². The third kappa shape index (κ3) is 4.95. The molecule has 1 unspecified atom stereocenters. The summed E-state index contributed by atoms with van der Waals surface area (Å²) in [6.45, 7) is 7.33. The SMILES string of the molecule is CC(=O)N(CC(=O)C(C)C)CC(C)c1cccc([N+](=O)[O-])c1. The van der Waals surface area contributed by atoms with Crippen LogP contribution in [0.3, 0.4) is 0 Å². The second-order valence-corrected chi connectivity index (χ2v) is 5.77. The maximum atomic E-state index is 11.8. The Labute approximate surface area is 130 Å². The van der Waals surface area contributed by atoms with Crippen molar-refractivity contribution in [2.24, 2.45) is 5.92 Å². The van der Waals surface area contributed by atoms with E-state index in [1.807, 2.05) is 6.92 Å². The lowest BCUT2D eigenvalue weighted by molar-refractivity contribution is -0.384. The Morgan fingerprint density at radius 3 is 2.41 bits per heavy atom. The van der Waals surface area contributed by atoms with Crippen molar-refractivity contribution in [1.82, 2.24) is 4.90 Å². The normalized spacial score (nSPS) is 12.0. The molecule has 0 bridgehead atoms. The lowest BCUT2D eigenvalue weighted by atomic mass is 9.99. The summed E-state index contributed by atoms with van der Waals surface area (Å²) in [4.78, 5) is 35.4. The Bertz CT molecular complexity index is 569. The van der Waals surface area contributed by atoms with E-state index in [-0.39, 0.29) is 35.8 Å². The first kappa shape index (κ1) is 17.8. The molecule has 0 radical (unpaired) electrons. The maximum absolute atomic E-state index is 11.8. The molecule has 6 nitrogen and oxygen atoms in total. The van der Waals surface area contributed by atoms with Gasteiger partial charge in [-0.1, -0.05) is 32.9 Å². The minimum absolute atomic E-state index is 0.00134. The van der Waals surface area contributed by atoms with Gasteiger partial charge in [0, 0.05) is 31.5 Å². The van der Waals surface area contributed by atoms with Crippen molar-refractivity contribution < 1.29 is 14.5 Å². The predicted molar refractivity (Wildman–Crippen MR) is 83.6 cm³/mol. The molecule has 6 heteroatoms. The number of nitro groups is 1. The summed E-state index contributed by atoms with van der Waals surface area (Å²) in [6, 6.07) is 6.36. The van der Waals surface area contributed by atoms with Crippen LogP contribution in [0.15, 0.2) is 24.3 Å². The van der Waals surface area contributed by atoms with E-state index in [2.05, 4.69) is 0 Å². The van der Waals surface area contributed by atoms with Crippen LogP contribution in [0.25, 0.3) is 0 Å². The largest absolute Gasteiger partial charge is 0.335 e. The average Bonchev–Trinajstić information content (AvgIpc) is 2.46. The lowest BCUT2D eigenvalue weighted by Crippen LogP contribution is -2.38. The topological polar surface area (TPSA) is 80.5 Å². The number of amides is 1. The Morgan fingerprint density at radius 2 is 1.91 bits per heavy atom. The van der Waals surface area contributed by atoms with E-state index in [1.54, 1.807) is 26.0 Å². The monoisotopic (exact) mass is 306 g/mol. The van der Waals surface area contributed by atoms with Crippen molar-refractivity contribution in [3.8, 4) is 0 Å². The molecule has 0 heterocycles.